The smallest absolute Gasteiger partial charge is 0.351 e. The molecule has 1 aromatic carbocycles. The molecule has 1 N–H and O–H groups in total. The second-order valence-electron chi connectivity index (χ2n) is 2.16. The maximum absolute atomic E-state index is 11.1. The standard InChI is InChI=1S/C8H8BrNO2/c1-10-7-5-3-2-4-6(7)8(11)12-9/h2-5,10H,1H3. The Morgan fingerprint density at radius 3 is 2.75 bits per heavy atom. The van der Waals surface area contributed by atoms with Gasteiger partial charge in [0.1, 0.15) is 0 Å². The summed E-state index contributed by atoms with van der Waals surface area (Å²) in [5.74, 6) is -0.403. The van der Waals surface area contributed by atoms with E-state index in [1.165, 1.54) is 0 Å². The van der Waals surface area contributed by atoms with Crippen LogP contribution in [-0.2, 0) is 3.83 Å². The van der Waals surface area contributed by atoms with Gasteiger partial charge >= 0.3 is 5.97 Å². The van der Waals surface area contributed by atoms with Crippen molar-refractivity contribution in [3.05, 3.63) is 29.8 Å². The molecule has 12 heavy (non-hydrogen) atoms. The number of carbonyl (C=O) groups excluding carboxylic acids is 1. The number of para-hydroxylation sites is 1. The largest absolute Gasteiger partial charge is 0.387 e. The molecule has 0 saturated carbocycles. The molecule has 0 heterocycles. The molecule has 0 aliphatic rings. The van der Waals surface area contributed by atoms with Crippen molar-refractivity contribution in [2.24, 2.45) is 0 Å². The number of hydrogen-bond donors (Lipinski definition) is 1. The predicted octanol–water partition coefficient (Wildman–Crippen LogP) is 2.20. The normalized spacial score (nSPS) is 9.17. The lowest BCUT2D eigenvalue weighted by Crippen LogP contribution is -2.02. The van der Waals surface area contributed by atoms with Crippen LogP contribution in [0.5, 0.6) is 0 Å². The molecule has 1 rings (SSSR count). The van der Waals surface area contributed by atoms with Crippen LogP contribution >= 0.6 is 16.3 Å². The first-order valence-corrected chi connectivity index (χ1v) is 4.04. The van der Waals surface area contributed by atoms with Gasteiger partial charge < -0.3 is 9.15 Å². The lowest BCUT2D eigenvalue weighted by molar-refractivity contribution is 0.0783. The molecule has 0 amide bonds. The molecule has 1 aromatic rings. The van der Waals surface area contributed by atoms with E-state index in [4.69, 9.17) is 0 Å². The summed E-state index contributed by atoms with van der Waals surface area (Å²) in [4.78, 5) is 11.1. The van der Waals surface area contributed by atoms with Crippen molar-refractivity contribution in [1.82, 2.24) is 0 Å². The summed E-state index contributed by atoms with van der Waals surface area (Å²) in [6, 6.07) is 7.12. The highest BCUT2D eigenvalue weighted by atomic mass is 79.9. The van der Waals surface area contributed by atoms with Gasteiger partial charge in [0.2, 0.25) is 0 Å². The number of rotatable bonds is 2. The molecular formula is C8H8BrNO2. The topological polar surface area (TPSA) is 38.3 Å². The Balaban J connectivity index is 3.04. The van der Waals surface area contributed by atoms with E-state index in [0.29, 0.717) is 5.56 Å². The molecular weight excluding hydrogens is 222 g/mol. The summed E-state index contributed by atoms with van der Waals surface area (Å²) < 4.78 is 4.41. The van der Waals surface area contributed by atoms with Crippen molar-refractivity contribution in [3.8, 4) is 0 Å². The van der Waals surface area contributed by atoms with Gasteiger partial charge in [-0.2, -0.15) is 0 Å². The summed E-state index contributed by atoms with van der Waals surface area (Å²) in [5.41, 5.74) is 1.26. The van der Waals surface area contributed by atoms with Crippen LogP contribution in [-0.4, -0.2) is 13.0 Å². The highest BCUT2D eigenvalue weighted by molar-refractivity contribution is 9.06. The Labute approximate surface area is 79.2 Å². The van der Waals surface area contributed by atoms with Crippen molar-refractivity contribution < 1.29 is 8.62 Å². The van der Waals surface area contributed by atoms with Crippen LogP contribution < -0.4 is 5.32 Å². The number of carbonyl (C=O) groups is 1. The van der Waals surface area contributed by atoms with Crippen LogP contribution in [0.1, 0.15) is 10.4 Å². The van der Waals surface area contributed by atoms with Gasteiger partial charge in [0.25, 0.3) is 0 Å². The molecule has 0 aromatic heterocycles. The molecule has 0 saturated heterocycles. The van der Waals surface area contributed by atoms with Gasteiger partial charge in [-0.3, -0.25) is 0 Å². The quantitative estimate of drug-likeness (QED) is 0.846. The summed E-state index contributed by atoms with van der Waals surface area (Å²) in [6.07, 6.45) is 0. The van der Waals surface area contributed by atoms with E-state index in [9.17, 15) is 4.79 Å². The van der Waals surface area contributed by atoms with E-state index in [-0.39, 0.29) is 0 Å². The van der Waals surface area contributed by atoms with Crippen LogP contribution in [0.2, 0.25) is 0 Å². The number of hydrogen-bond acceptors (Lipinski definition) is 3. The molecule has 0 fully saturated rings. The highest BCUT2D eigenvalue weighted by Crippen LogP contribution is 2.15. The van der Waals surface area contributed by atoms with Crippen molar-refractivity contribution in [2.75, 3.05) is 12.4 Å². The summed E-state index contributed by atoms with van der Waals surface area (Å²) in [5, 5.41) is 2.89. The third-order valence-electron chi connectivity index (χ3n) is 1.49. The van der Waals surface area contributed by atoms with Crippen LogP contribution in [0.4, 0.5) is 5.69 Å². The molecule has 0 bridgehead atoms. The Morgan fingerprint density at radius 1 is 1.50 bits per heavy atom. The van der Waals surface area contributed by atoms with E-state index < -0.39 is 5.97 Å². The Morgan fingerprint density at radius 2 is 2.17 bits per heavy atom. The minimum atomic E-state index is -0.403. The van der Waals surface area contributed by atoms with Crippen LogP contribution in [0.15, 0.2) is 24.3 Å². The third-order valence-corrected chi connectivity index (χ3v) is 1.78. The maximum Gasteiger partial charge on any atom is 0.351 e. The predicted molar refractivity (Wildman–Crippen MR) is 50.3 cm³/mol. The SMILES string of the molecule is CNc1ccccc1C(=O)OBr. The molecule has 0 atom stereocenters. The van der Waals surface area contributed by atoms with Crippen molar-refractivity contribution >= 4 is 27.9 Å². The Kier molecular flexibility index (Phi) is 3.10. The van der Waals surface area contributed by atoms with Crippen molar-refractivity contribution in [3.63, 3.8) is 0 Å². The highest BCUT2D eigenvalue weighted by Gasteiger charge is 2.09. The van der Waals surface area contributed by atoms with Gasteiger partial charge in [0, 0.05) is 12.7 Å². The fourth-order valence-corrected chi connectivity index (χ4v) is 1.10. The first-order valence-electron chi connectivity index (χ1n) is 3.39. The average Bonchev–Trinajstić information content (AvgIpc) is 2.16. The van der Waals surface area contributed by atoms with Gasteiger partial charge in [0.15, 0.2) is 16.3 Å². The summed E-state index contributed by atoms with van der Waals surface area (Å²) >= 11 is 2.64. The second-order valence-corrected chi connectivity index (χ2v) is 2.48. The second kappa shape index (κ2) is 4.11. The molecule has 0 aliphatic heterocycles. The first-order chi connectivity index (χ1) is 5.79. The number of halogens is 1. The lowest BCUT2D eigenvalue weighted by atomic mass is 10.2. The first kappa shape index (κ1) is 9.06. The van der Waals surface area contributed by atoms with Gasteiger partial charge in [-0.05, 0) is 12.1 Å². The van der Waals surface area contributed by atoms with E-state index in [0.717, 1.165) is 5.69 Å². The fraction of sp³-hybridized carbons (Fsp3) is 0.125. The van der Waals surface area contributed by atoms with Gasteiger partial charge in [-0.15, -0.1) is 0 Å². The molecule has 64 valence electrons. The summed E-state index contributed by atoms with van der Waals surface area (Å²) in [6.45, 7) is 0. The zero-order valence-electron chi connectivity index (χ0n) is 6.50. The van der Waals surface area contributed by atoms with E-state index in [2.05, 4.69) is 25.4 Å². The van der Waals surface area contributed by atoms with Crippen LogP contribution in [0.3, 0.4) is 0 Å². The number of anilines is 1. The molecule has 4 heteroatoms. The van der Waals surface area contributed by atoms with Crippen LogP contribution in [0, 0.1) is 0 Å². The van der Waals surface area contributed by atoms with Gasteiger partial charge in [-0.1, -0.05) is 12.1 Å². The zero-order valence-corrected chi connectivity index (χ0v) is 8.09. The zero-order chi connectivity index (χ0) is 8.97. The number of benzene rings is 1. The molecule has 0 aliphatic carbocycles. The molecule has 3 nitrogen and oxygen atoms in total. The molecule has 0 radical (unpaired) electrons. The Hall–Kier alpha value is -1.03. The third kappa shape index (κ3) is 1.76. The van der Waals surface area contributed by atoms with E-state index in [1.807, 2.05) is 6.07 Å². The van der Waals surface area contributed by atoms with E-state index >= 15 is 0 Å². The average molecular weight is 230 g/mol. The Bertz CT molecular complexity index is 288. The molecule has 0 spiro atoms. The van der Waals surface area contributed by atoms with E-state index in [1.54, 1.807) is 25.2 Å². The van der Waals surface area contributed by atoms with Gasteiger partial charge in [-0.25, -0.2) is 4.79 Å². The van der Waals surface area contributed by atoms with Gasteiger partial charge in [0.05, 0.1) is 5.56 Å². The molecule has 0 unspecified atom stereocenters. The number of nitrogens with one attached hydrogen (secondary N) is 1. The maximum atomic E-state index is 11.1. The van der Waals surface area contributed by atoms with Crippen molar-refractivity contribution in [1.29, 1.82) is 0 Å². The summed E-state index contributed by atoms with van der Waals surface area (Å²) in [7, 11) is 1.75. The van der Waals surface area contributed by atoms with Crippen LogP contribution in [0.25, 0.3) is 0 Å². The lowest BCUT2D eigenvalue weighted by Gasteiger charge is -2.04. The fourth-order valence-electron chi connectivity index (χ4n) is 0.921. The monoisotopic (exact) mass is 229 g/mol. The minimum absolute atomic E-state index is 0.403. The van der Waals surface area contributed by atoms with Crippen molar-refractivity contribution in [2.45, 2.75) is 0 Å². The minimum Gasteiger partial charge on any atom is -0.387 e.